The number of benzene rings is 2. The Bertz CT molecular complexity index is 733. The van der Waals surface area contributed by atoms with Gasteiger partial charge in [-0.05, 0) is 23.8 Å². The van der Waals surface area contributed by atoms with Crippen molar-refractivity contribution in [1.82, 2.24) is 0 Å². The molecular formula is C13H12F2N2O2S. The molecule has 3 N–H and O–H groups in total. The van der Waals surface area contributed by atoms with E-state index in [9.17, 15) is 17.2 Å². The first-order chi connectivity index (χ1) is 9.37. The van der Waals surface area contributed by atoms with E-state index < -0.39 is 21.7 Å². The lowest BCUT2D eigenvalue weighted by atomic mass is 10.2. The zero-order chi connectivity index (χ0) is 14.8. The molecule has 20 heavy (non-hydrogen) atoms. The summed E-state index contributed by atoms with van der Waals surface area (Å²) in [5.41, 5.74) is 6.40. The third kappa shape index (κ3) is 3.45. The van der Waals surface area contributed by atoms with Gasteiger partial charge in [-0.3, -0.25) is 4.72 Å². The highest BCUT2D eigenvalue weighted by molar-refractivity contribution is 7.91. The van der Waals surface area contributed by atoms with Crippen LogP contribution in [0.3, 0.4) is 0 Å². The van der Waals surface area contributed by atoms with E-state index in [-0.39, 0.29) is 11.4 Å². The van der Waals surface area contributed by atoms with Gasteiger partial charge in [0.2, 0.25) is 10.0 Å². The monoisotopic (exact) mass is 298 g/mol. The van der Waals surface area contributed by atoms with Crippen molar-refractivity contribution < 1.29 is 17.2 Å². The molecule has 0 aliphatic rings. The highest BCUT2D eigenvalue weighted by Gasteiger charge is 2.14. The van der Waals surface area contributed by atoms with Gasteiger partial charge in [0.15, 0.2) is 11.6 Å². The van der Waals surface area contributed by atoms with Crippen molar-refractivity contribution in [2.24, 2.45) is 0 Å². The van der Waals surface area contributed by atoms with Crippen LogP contribution in [0.25, 0.3) is 0 Å². The van der Waals surface area contributed by atoms with Gasteiger partial charge in [-0.15, -0.1) is 0 Å². The molecule has 0 atom stereocenters. The van der Waals surface area contributed by atoms with Gasteiger partial charge in [0.05, 0.1) is 11.4 Å². The van der Waals surface area contributed by atoms with Gasteiger partial charge in [0.1, 0.15) is 0 Å². The van der Waals surface area contributed by atoms with Crippen molar-refractivity contribution in [2.75, 3.05) is 10.5 Å². The van der Waals surface area contributed by atoms with Crippen LogP contribution in [-0.2, 0) is 15.8 Å². The van der Waals surface area contributed by atoms with Crippen LogP contribution in [0.2, 0.25) is 0 Å². The Morgan fingerprint density at radius 2 is 1.75 bits per heavy atom. The second kappa shape index (κ2) is 5.46. The van der Waals surface area contributed by atoms with Crippen LogP contribution in [0.4, 0.5) is 20.2 Å². The summed E-state index contributed by atoms with van der Waals surface area (Å²) in [6.45, 7) is 0. The third-order valence-electron chi connectivity index (χ3n) is 2.59. The van der Waals surface area contributed by atoms with Gasteiger partial charge in [0, 0.05) is 11.8 Å². The molecule has 0 unspecified atom stereocenters. The normalized spacial score (nSPS) is 11.3. The lowest BCUT2D eigenvalue weighted by molar-refractivity contribution is 0.509. The van der Waals surface area contributed by atoms with E-state index in [0.717, 1.165) is 18.2 Å². The van der Waals surface area contributed by atoms with E-state index >= 15 is 0 Å². The van der Waals surface area contributed by atoms with E-state index in [0.29, 0.717) is 11.3 Å². The first-order valence-electron chi connectivity index (χ1n) is 5.66. The summed E-state index contributed by atoms with van der Waals surface area (Å²) in [5, 5.41) is 0. The van der Waals surface area contributed by atoms with Gasteiger partial charge in [0.25, 0.3) is 0 Å². The first kappa shape index (κ1) is 14.3. The minimum atomic E-state index is -3.76. The third-order valence-corrected chi connectivity index (χ3v) is 3.83. The average molecular weight is 298 g/mol. The molecule has 0 spiro atoms. The first-order valence-corrected chi connectivity index (χ1v) is 7.31. The Morgan fingerprint density at radius 1 is 1.05 bits per heavy atom. The molecule has 0 aliphatic carbocycles. The van der Waals surface area contributed by atoms with Gasteiger partial charge >= 0.3 is 0 Å². The molecule has 2 rings (SSSR count). The molecule has 0 aliphatic heterocycles. The molecule has 2 aromatic rings. The van der Waals surface area contributed by atoms with E-state index in [2.05, 4.69) is 4.72 Å². The predicted octanol–water partition coefficient (Wildman–Crippen LogP) is 2.49. The summed E-state index contributed by atoms with van der Waals surface area (Å²) in [7, 11) is -3.76. The molecule has 0 radical (unpaired) electrons. The van der Waals surface area contributed by atoms with E-state index in [4.69, 9.17) is 5.73 Å². The number of rotatable bonds is 4. The zero-order valence-corrected chi connectivity index (χ0v) is 11.1. The second-order valence-corrected chi connectivity index (χ2v) is 5.91. The second-order valence-electron chi connectivity index (χ2n) is 4.19. The highest BCUT2D eigenvalue weighted by Crippen LogP contribution is 2.18. The lowest BCUT2D eigenvalue weighted by Crippen LogP contribution is -2.16. The fraction of sp³-hybridized carbons (Fsp3) is 0.0769. The van der Waals surface area contributed by atoms with E-state index in [1.165, 1.54) is 0 Å². The van der Waals surface area contributed by atoms with Crippen LogP contribution >= 0.6 is 0 Å². The number of para-hydroxylation sites is 1. The number of anilines is 2. The fourth-order valence-electron chi connectivity index (χ4n) is 1.65. The van der Waals surface area contributed by atoms with Crippen LogP contribution in [0.1, 0.15) is 5.56 Å². The Balaban J connectivity index is 2.19. The van der Waals surface area contributed by atoms with Gasteiger partial charge < -0.3 is 5.73 Å². The summed E-state index contributed by atoms with van der Waals surface area (Å²) in [4.78, 5) is 0. The molecule has 0 bridgehead atoms. The number of nitrogen functional groups attached to an aromatic ring is 1. The lowest BCUT2D eigenvalue weighted by Gasteiger charge is -2.09. The minimum Gasteiger partial charge on any atom is -0.398 e. The number of sulfonamides is 1. The van der Waals surface area contributed by atoms with Crippen molar-refractivity contribution in [2.45, 2.75) is 5.75 Å². The molecule has 0 saturated heterocycles. The summed E-state index contributed by atoms with van der Waals surface area (Å²) in [6, 6.07) is 9.30. The van der Waals surface area contributed by atoms with Crippen molar-refractivity contribution in [1.29, 1.82) is 0 Å². The largest absolute Gasteiger partial charge is 0.398 e. The van der Waals surface area contributed by atoms with Crippen molar-refractivity contribution in [3.05, 3.63) is 59.7 Å². The van der Waals surface area contributed by atoms with E-state index in [1.807, 2.05) is 0 Å². The Hall–Kier alpha value is -2.15. The number of hydrogen-bond donors (Lipinski definition) is 2. The van der Waals surface area contributed by atoms with Crippen LogP contribution in [0, 0.1) is 11.6 Å². The van der Waals surface area contributed by atoms with Crippen LogP contribution < -0.4 is 10.5 Å². The standard InChI is InChI=1S/C13H12F2N2O2S/c14-11-6-5-10(7-12(11)15)17-20(18,19)8-9-3-1-2-4-13(9)16/h1-7,17H,8,16H2. The molecule has 7 heteroatoms. The zero-order valence-electron chi connectivity index (χ0n) is 10.3. The van der Waals surface area contributed by atoms with Crippen LogP contribution in [0.15, 0.2) is 42.5 Å². The fourth-order valence-corrected chi connectivity index (χ4v) is 2.88. The van der Waals surface area contributed by atoms with Gasteiger partial charge in [-0.2, -0.15) is 0 Å². The van der Waals surface area contributed by atoms with E-state index in [1.54, 1.807) is 24.3 Å². The topological polar surface area (TPSA) is 72.2 Å². The van der Waals surface area contributed by atoms with Crippen molar-refractivity contribution in [3.8, 4) is 0 Å². The van der Waals surface area contributed by atoms with Crippen molar-refractivity contribution >= 4 is 21.4 Å². The highest BCUT2D eigenvalue weighted by atomic mass is 32.2. The maximum atomic E-state index is 13.0. The van der Waals surface area contributed by atoms with Gasteiger partial charge in [-0.25, -0.2) is 17.2 Å². The number of hydrogen-bond acceptors (Lipinski definition) is 3. The number of halogens is 2. The molecule has 2 aromatic carbocycles. The summed E-state index contributed by atoms with van der Waals surface area (Å²) < 4.78 is 51.8. The predicted molar refractivity (Wildman–Crippen MR) is 73.5 cm³/mol. The number of nitrogens with two attached hydrogens (primary N) is 1. The molecular weight excluding hydrogens is 286 g/mol. The number of nitrogens with one attached hydrogen (secondary N) is 1. The summed E-state index contributed by atoms with van der Waals surface area (Å²) in [5.74, 6) is -2.51. The molecule has 0 heterocycles. The quantitative estimate of drug-likeness (QED) is 0.852. The minimum absolute atomic E-state index is 0.0431. The Kier molecular flexibility index (Phi) is 3.89. The maximum Gasteiger partial charge on any atom is 0.236 e. The molecule has 0 amide bonds. The summed E-state index contributed by atoms with van der Waals surface area (Å²) >= 11 is 0. The molecule has 4 nitrogen and oxygen atoms in total. The summed E-state index contributed by atoms with van der Waals surface area (Å²) in [6.07, 6.45) is 0. The molecule has 0 fully saturated rings. The maximum absolute atomic E-state index is 13.0. The molecule has 0 aromatic heterocycles. The van der Waals surface area contributed by atoms with Crippen LogP contribution in [-0.4, -0.2) is 8.42 Å². The SMILES string of the molecule is Nc1ccccc1CS(=O)(=O)Nc1ccc(F)c(F)c1. The smallest absolute Gasteiger partial charge is 0.236 e. The average Bonchev–Trinajstić information content (AvgIpc) is 2.36. The van der Waals surface area contributed by atoms with Crippen LogP contribution in [0.5, 0.6) is 0 Å². The Labute approximate surface area is 115 Å². The Morgan fingerprint density at radius 3 is 2.40 bits per heavy atom. The van der Waals surface area contributed by atoms with Gasteiger partial charge in [-0.1, -0.05) is 18.2 Å². The molecule has 106 valence electrons. The van der Waals surface area contributed by atoms with Crippen molar-refractivity contribution in [3.63, 3.8) is 0 Å². The molecule has 0 saturated carbocycles.